The van der Waals surface area contributed by atoms with Crippen LogP contribution in [0, 0.1) is 21.4 Å². The molecule has 0 radical (unpaired) electrons. The van der Waals surface area contributed by atoms with Gasteiger partial charge in [0, 0.05) is 119 Å². The fraction of sp³-hybridized carbons (Fsp3) is 0.474. The van der Waals surface area contributed by atoms with Gasteiger partial charge in [-0.25, -0.2) is 13.1 Å². The third kappa shape index (κ3) is 12.2. The molecule has 4 aliphatic heterocycles. The summed E-state index contributed by atoms with van der Waals surface area (Å²) in [7, 11) is -4.44. The van der Waals surface area contributed by atoms with Crippen molar-refractivity contribution >= 4 is 67.9 Å². The van der Waals surface area contributed by atoms with Crippen molar-refractivity contribution in [1.82, 2.24) is 29.6 Å². The SMILES string of the molecule is CC1(C)CCC(c2ccc(Cl)cc2)=C(CN2CCN(c3ccc(C(=O)NS(=O)(=O)c4ccc(NC[C@H]5CC[C@H](N6CCN(Cc7ccc8c(c7)CN(C7CCC(=O)NC7=O)C8=O)CC6)CC5)c([N+](=O)[O-])c4)cc3)CC2)C1. The molecule has 402 valence electrons. The fourth-order valence-corrected chi connectivity index (χ4v) is 13.4. The normalized spacial score (nSPS) is 22.8. The summed E-state index contributed by atoms with van der Waals surface area (Å²) in [5.41, 5.74) is 8.02. The highest BCUT2D eigenvalue weighted by Gasteiger charge is 2.39. The van der Waals surface area contributed by atoms with E-state index in [9.17, 15) is 37.7 Å². The summed E-state index contributed by atoms with van der Waals surface area (Å²) in [5, 5.41) is 18.6. The lowest BCUT2D eigenvalue weighted by Gasteiger charge is -2.42. The van der Waals surface area contributed by atoms with Crippen LogP contribution in [-0.2, 0) is 32.7 Å². The van der Waals surface area contributed by atoms with E-state index in [4.69, 9.17) is 11.6 Å². The van der Waals surface area contributed by atoms with E-state index in [-0.39, 0.29) is 45.5 Å². The van der Waals surface area contributed by atoms with Crippen molar-refractivity contribution in [3.8, 4) is 0 Å². The molecular weight excluding hydrogens is 1010 g/mol. The molecule has 10 rings (SSSR count). The van der Waals surface area contributed by atoms with Gasteiger partial charge in [-0.1, -0.05) is 55.3 Å². The number of allylic oxidation sites excluding steroid dienone is 1. The zero-order chi connectivity index (χ0) is 53.3. The summed E-state index contributed by atoms with van der Waals surface area (Å²) >= 11 is 6.21. The second-order valence-corrected chi connectivity index (χ2v) is 24.5. The van der Waals surface area contributed by atoms with Crippen LogP contribution >= 0.6 is 11.6 Å². The van der Waals surface area contributed by atoms with E-state index in [1.165, 1.54) is 28.8 Å². The Hall–Kier alpha value is -6.18. The van der Waals surface area contributed by atoms with Crippen LogP contribution < -0.4 is 20.3 Å². The van der Waals surface area contributed by atoms with Gasteiger partial charge in [0.15, 0.2) is 0 Å². The van der Waals surface area contributed by atoms with Crippen molar-refractivity contribution in [2.45, 2.75) is 102 Å². The molecule has 1 saturated carbocycles. The van der Waals surface area contributed by atoms with E-state index in [2.05, 4.69) is 67.0 Å². The highest BCUT2D eigenvalue weighted by atomic mass is 35.5. The van der Waals surface area contributed by atoms with Crippen molar-refractivity contribution in [3.63, 3.8) is 0 Å². The van der Waals surface area contributed by atoms with Gasteiger partial charge in [-0.3, -0.25) is 49.3 Å². The standard InChI is InChI=1S/C57H68ClN9O8S/c1-57(2)22-21-48(40-6-10-44(58)11-7-40)43(33-57)36-63-25-29-65(30-26-63)46-14-8-41(9-15-46)54(69)61-76(74,75)47-16-18-50(52(32-47)67(72)73)59-34-38-3-12-45(13-4-38)64-27-23-62(24-28-64)35-39-5-17-49-42(31-39)37-66(56(49)71)51-19-20-53(68)60-55(51)70/h5-11,14-18,31-32,38,45,51,59H,3-4,12-13,19-30,33-37H2,1-2H3,(H,61,69)(H,60,68,70)/t38-,45-,51?. The van der Waals surface area contributed by atoms with Gasteiger partial charge in [0.1, 0.15) is 11.7 Å². The number of nitrogens with one attached hydrogen (secondary N) is 3. The van der Waals surface area contributed by atoms with Crippen molar-refractivity contribution < 1.29 is 32.5 Å². The first-order valence-corrected chi connectivity index (χ1v) is 28.7. The molecule has 1 unspecified atom stereocenters. The molecule has 6 aliphatic rings. The van der Waals surface area contributed by atoms with E-state index in [0.717, 1.165) is 138 Å². The van der Waals surface area contributed by atoms with E-state index >= 15 is 0 Å². The zero-order valence-electron chi connectivity index (χ0n) is 43.4. The maximum absolute atomic E-state index is 13.5. The van der Waals surface area contributed by atoms with Crippen LogP contribution in [0.4, 0.5) is 17.1 Å². The Morgan fingerprint density at radius 1 is 0.816 bits per heavy atom. The number of rotatable bonds is 15. The summed E-state index contributed by atoms with van der Waals surface area (Å²) < 4.78 is 29.1. The predicted molar refractivity (Wildman–Crippen MR) is 292 cm³/mol. The van der Waals surface area contributed by atoms with E-state index in [1.54, 1.807) is 17.0 Å². The van der Waals surface area contributed by atoms with Crippen LogP contribution in [0.25, 0.3) is 5.57 Å². The van der Waals surface area contributed by atoms with Crippen molar-refractivity contribution in [2.24, 2.45) is 11.3 Å². The first kappa shape index (κ1) is 53.2. The van der Waals surface area contributed by atoms with Gasteiger partial charge in [0.05, 0.1) is 9.82 Å². The molecule has 4 heterocycles. The minimum atomic E-state index is -4.44. The third-order valence-electron chi connectivity index (χ3n) is 16.7. The number of nitrogens with zero attached hydrogens (tertiary/aromatic N) is 6. The molecule has 3 N–H and O–H groups in total. The fourth-order valence-electron chi connectivity index (χ4n) is 12.3. The molecule has 0 bridgehead atoms. The van der Waals surface area contributed by atoms with Gasteiger partial charge >= 0.3 is 0 Å². The van der Waals surface area contributed by atoms with Crippen LogP contribution in [0.5, 0.6) is 0 Å². The number of amides is 4. The lowest BCUT2D eigenvalue weighted by Crippen LogP contribution is -2.52. The van der Waals surface area contributed by atoms with Crippen LogP contribution in [0.2, 0.25) is 5.02 Å². The van der Waals surface area contributed by atoms with E-state index < -0.39 is 32.8 Å². The maximum atomic E-state index is 13.5. The Bertz CT molecular complexity index is 3020. The molecule has 4 aromatic rings. The van der Waals surface area contributed by atoms with Gasteiger partial charge in [-0.05, 0) is 140 Å². The number of hydrogen-bond acceptors (Lipinski definition) is 13. The summed E-state index contributed by atoms with van der Waals surface area (Å²) in [5.74, 6) is -1.41. The number of nitro benzene ring substituents is 1. The first-order chi connectivity index (χ1) is 36.4. The summed E-state index contributed by atoms with van der Waals surface area (Å²) in [6, 6.07) is 24.5. The van der Waals surface area contributed by atoms with E-state index in [1.807, 2.05) is 36.4 Å². The van der Waals surface area contributed by atoms with Gasteiger partial charge in [-0.2, -0.15) is 0 Å². The minimum absolute atomic E-state index is 0.160. The number of fused-ring (bicyclic) bond motifs is 1. The smallest absolute Gasteiger partial charge is 0.293 e. The topological polar surface area (TPSA) is 198 Å². The van der Waals surface area contributed by atoms with Crippen molar-refractivity contribution in [2.75, 3.05) is 75.7 Å². The van der Waals surface area contributed by atoms with Crippen molar-refractivity contribution in [3.05, 3.63) is 133 Å². The van der Waals surface area contributed by atoms with Crippen LogP contribution in [0.3, 0.4) is 0 Å². The quantitative estimate of drug-likeness (QED) is 0.0596. The lowest BCUT2D eigenvalue weighted by atomic mass is 9.73. The average molecular weight is 1070 g/mol. The molecule has 0 aromatic heterocycles. The molecule has 4 amide bonds. The zero-order valence-corrected chi connectivity index (χ0v) is 45.0. The van der Waals surface area contributed by atoms with Crippen LogP contribution in [0.1, 0.15) is 109 Å². The number of piperidine rings is 1. The molecular formula is C57H68ClN9O8S. The molecule has 4 aromatic carbocycles. The van der Waals surface area contributed by atoms with Crippen molar-refractivity contribution in [1.29, 1.82) is 0 Å². The number of anilines is 2. The van der Waals surface area contributed by atoms with Crippen LogP contribution in [0.15, 0.2) is 95.4 Å². The largest absolute Gasteiger partial charge is 0.379 e. The summed E-state index contributed by atoms with van der Waals surface area (Å²) in [6.45, 7) is 14.3. The molecule has 2 aliphatic carbocycles. The number of benzene rings is 4. The van der Waals surface area contributed by atoms with E-state index in [0.29, 0.717) is 37.0 Å². The molecule has 17 nitrogen and oxygen atoms in total. The van der Waals surface area contributed by atoms with Gasteiger partial charge in [0.2, 0.25) is 11.8 Å². The minimum Gasteiger partial charge on any atom is -0.379 e. The number of carbonyl (C=O) groups is 4. The number of nitro groups is 1. The molecule has 4 fully saturated rings. The highest BCUT2D eigenvalue weighted by Crippen LogP contribution is 2.43. The number of sulfonamides is 1. The second kappa shape index (κ2) is 22.4. The number of hydrogen-bond donors (Lipinski definition) is 3. The number of piperazine rings is 2. The molecule has 76 heavy (non-hydrogen) atoms. The Morgan fingerprint density at radius 2 is 1.51 bits per heavy atom. The molecule has 19 heteroatoms. The van der Waals surface area contributed by atoms with Gasteiger partial charge < -0.3 is 15.1 Å². The maximum Gasteiger partial charge on any atom is 0.293 e. The Morgan fingerprint density at radius 3 is 2.21 bits per heavy atom. The van der Waals surface area contributed by atoms with Crippen LogP contribution in [-0.4, -0.2) is 134 Å². The summed E-state index contributed by atoms with van der Waals surface area (Å²) in [4.78, 5) is 73.3. The Kier molecular flexibility index (Phi) is 15.7. The third-order valence-corrected chi connectivity index (χ3v) is 18.2. The van der Waals surface area contributed by atoms with Gasteiger partial charge in [0.25, 0.3) is 27.5 Å². The number of imide groups is 1. The highest BCUT2D eigenvalue weighted by molar-refractivity contribution is 7.90. The monoisotopic (exact) mass is 1070 g/mol. The average Bonchev–Trinajstić information content (AvgIpc) is 3.74. The number of carbonyl (C=O) groups excluding carboxylic acids is 4. The Labute approximate surface area is 450 Å². The first-order valence-electron chi connectivity index (χ1n) is 26.8. The van der Waals surface area contributed by atoms with Gasteiger partial charge in [-0.15, -0.1) is 0 Å². The molecule has 3 saturated heterocycles. The Balaban J connectivity index is 0.660. The summed E-state index contributed by atoms with van der Waals surface area (Å²) in [6.07, 6.45) is 7.75. The second-order valence-electron chi connectivity index (χ2n) is 22.4. The predicted octanol–water partition coefficient (Wildman–Crippen LogP) is 7.70. The molecule has 1 atom stereocenters. The molecule has 0 spiro atoms. The number of halogens is 1. The lowest BCUT2D eigenvalue weighted by molar-refractivity contribution is -0.384.